The van der Waals surface area contributed by atoms with E-state index >= 15 is 0 Å². The fraction of sp³-hybridized carbons (Fsp3) is 0.667. The molecule has 1 saturated carbocycles. The van der Waals surface area contributed by atoms with Crippen LogP contribution in [0.5, 0.6) is 0 Å². The van der Waals surface area contributed by atoms with Gasteiger partial charge < -0.3 is 10.2 Å². The molecular weight excluding hydrogens is 352 g/mol. The number of urea groups is 1. The van der Waals surface area contributed by atoms with Crippen LogP contribution in [-0.2, 0) is 13.0 Å². The third kappa shape index (κ3) is 3.64. The zero-order valence-electron chi connectivity index (χ0n) is 16.5. The second-order valence-corrected chi connectivity index (χ2v) is 8.74. The number of nitrogens with one attached hydrogen (secondary N) is 4. The average molecular weight is 385 g/mol. The summed E-state index contributed by atoms with van der Waals surface area (Å²) in [5.74, 6) is 0. The number of rotatable bonds is 2. The average Bonchev–Trinajstić information content (AvgIpc) is 3.23. The van der Waals surface area contributed by atoms with Gasteiger partial charge in [0.1, 0.15) is 0 Å². The van der Waals surface area contributed by atoms with Crippen LogP contribution >= 0.6 is 0 Å². The van der Waals surface area contributed by atoms with E-state index in [2.05, 4.69) is 50.9 Å². The van der Waals surface area contributed by atoms with Gasteiger partial charge in [0.15, 0.2) is 0 Å². The number of hydrogen-bond donors (Lipinski definition) is 4. The Morgan fingerprint density at radius 3 is 2.68 bits per heavy atom. The number of likely N-dealkylation sites (tertiary alicyclic amines) is 1. The maximum Gasteiger partial charge on any atom is 0.317 e. The lowest BCUT2D eigenvalue weighted by Crippen LogP contribution is -2.58. The second kappa shape index (κ2) is 7.99. The molecule has 4 aliphatic rings. The lowest BCUT2D eigenvalue weighted by atomic mass is 9.87. The molecule has 3 unspecified atom stereocenters. The number of amides is 2. The Morgan fingerprint density at radius 2 is 1.82 bits per heavy atom. The molecule has 7 heteroatoms. The van der Waals surface area contributed by atoms with Crippen molar-refractivity contribution in [2.24, 2.45) is 0 Å². The quantitative estimate of drug-likeness (QED) is 0.615. The fourth-order valence-corrected chi connectivity index (χ4v) is 5.45. The summed E-state index contributed by atoms with van der Waals surface area (Å²) in [6.45, 7) is 3.92. The molecule has 1 aliphatic carbocycles. The normalized spacial score (nSPS) is 31.3. The molecule has 0 spiro atoms. The molecule has 3 fully saturated rings. The van der Waals surface area contributed by atoms with Crippen molar-refractivity contribution in [1.82, 2.24) is 31.5 Å². The zero-order valence-corrected chi connectivity index (χ0v) is 16.5. The van der Waals surface area contributed by atoms with Crippen molar-refractivity contribution >= 4 is 6.03 Å². The minimum absolute atomic E-state index is 0.113. The van der Waals surface area contributed by atoms with Crippen LogP contribution in [0.1, 0.15) is 43.2 Å². The van der Waals surface area contributed by atoms with Gasteiger partial charge in [0.25, 0.3) is 0 Å². The van der Waals surface area contributed by atoms with Crippen LogP contribution in [0.2, 0.25) is 0 Å². The van der Waals surface area contributed by atoms with Crippen molar-refractivity contribution in [3.8, 4) is 0 Å². The summed E-state index contributed by atoms with van der Waals surface area (Å²) in [4.78, 5) is 17.5. The van der Waals surface area contributed by atoms with Gasteiger partial charge in [-0.25, -0.2) is 15.6 Å². The van der Waals surface area contributed by atoms with E-state index in [4.69, 9.17) is 0 Å². The predicted molar refractivity (Wildman–Crippen MR) is 108 cm³/mol. The Balaban J connectivity index is 1.13. The van der Waals surface area contributed by atoms with Crippen molar-refractivity contribution in [3.63, 3.8) is 0 Å². The molecule has 4 N–H and O–H groups in total. The van der Waals surface area contributed by atoms with Gasteiger partial charge in [0, 0.05) is 44.3 Å². The molecule has 3 heterocycles. The minimum Gasteiger partial charge on any atom is -0.334 e. The van der Waals surface area contributed by atoms with E-state index in [1.807, 2.05) is 4.90 Å². The summed E-state index contributed by atoms with van der Waals surface area (Å²) in [5, 5.41) is 3.30. The van der Waals surface area contributed by atoms with Crippen LogP contribution < -0.4 is 21.7 Å². The van der Waals surface area contributed by atoms with E-state index in [0.29, 0.717) is 12.1 Å². The number of benzene rings is 1. The molecule has 1 aromatic carbocycles. The molecule has 0 bridgehead atoms. The third-order valence-corrected chi connectivity index (χ3v) is 7.13. The van der Waals surface area contributed by atoms with Gasteiger partial charge in [0.2, 0.25) is 0 Å². The van der Waals surface area contributed by atoms with Crippen LogP contribution in [0, 0.1) is 0 Å². The van der Waals surface area contributed by atoms with Crippen LogP contribution in [-0.4, -0.2) is 59.6 Å². The Labute approximate surface area is 167 Å². The number of piperidine rings is 1. The monoisotopic (exact) mass is 384 g/mol. The molecule has 2 amide bonds. The molecule has 2 saturated heterocycles. The van der Waals surface area contributed by atoms with Gasteiger partial charge in [-0.2, -0.15) is 5.53 Å². The number of carbonyl (C=O) groups is 1. The van der Waals surface area contributed by atoms with Crippen LogP contribution in [0.4, 0.5) is 4.79 Å². The standard InChI is InChI=1S/C21H32N6O/c28-21(22-18-6-3-7-19-20(18)24-25-23-19)26-12-9-17(10-13-26)27-11-8-15-4-1-2-5-16(15)14-27/h1-2,4-5,17-20,23-25H,3,6-14H2,(H,22,28). The third-order valence-electron chi connectivity index (χ3n) is 7.13. The van der Waals surface area contributed by atoms with E-state index in [1.54, 1.807) is 0 Å². The SMILES string of the molecule is O=C(NC1CCCC2NNNC21)N1CCC(N2CCc3ccccc3C2)CC1. The first kappa shape index (κ1) is 18.4. The zero-order chi connectivity index (χ0) is 18.9. The molecule has 3 atom stereocenters. The first-order chi connectivity index (χ1) is 13.8. The summed E-state index contributed by atoms with van der Waals surface area (Å²) >= 11 is 0. The maximum absolute atomic E-state index is 12.8. The van der Waals surface area contributed by atoms with E-state index in [1.165, 1.54) is 11.1 Å². The van der Waals surface area contributed by atoms with E-state index in [-0.39, 0.29) is 18.1 Å². The largest absolute Gasteiger partial charge is 0.334 e. The molecule has 0 aromatic heterocycles. The summed E-state index contributed by atoms with van der Waals surface area (Å²) < 4.78 is 0. The molecule has 28 heavy (non-hydrogen) atoms. The van der Waals surface area contributed by atoms with Gasteiger partial charge in [-0.05, 0) is 49.7 Å². The van der Waals surface area contributed by atoms with Gasteiger partial charge in [-0.15, -0.1) is 0 Å². The summed E-state index contributed by atoms with van der Waals surface area (Å²) in [6.07, 6.45) is 6.66. The number of hydrazine groups is 2. The number of nitrogens with zero attached hydrogens (tertiary/aromatic N) is 2. The van der Waals surface area contributed by atoms with Crippen LogP contribution in [0.15, 0.2) is 24.3 Å². The van der Waals surface area contributed by atoms with E-state index in [9.17, 15) is 4.79 Å². The lowest BCUT2D eigenvalue weighted by Gasteiger charge is -2.41. The molecule has 5 rings (SSSR count). The first-order valence-corrected chi connectivity index (χ1v) is 10.9. The summed E-state index contributed by atoms with van der Waals surface area (Å²) in [5.41, 5.74) is 12.5. The van der Waals surface area contributed by atoms with E-state index < -0.39 is 0 Å². The van der Waals surface area contributed by atoms with E-state index in [0.717, 1.165) is 64.7 Å². The fourth-order valence-electron chi connectivity index (χ4n) is 5.45. The van der Waals surface area contributed by atoms with Crippen LogP contribution in [0.25, 0.3) is 0 Å². The number of carbonyl (C=O) groups excluding carboxylic acids is 1. The van der Waals surface area contributed by atoms with Crippen molar-refractivity contribution < 1.29 is 4.79 Å². The Kier molecular flexibility index (Phi) is 5.24. The van der Waals surface area contributed by atoms with Gasteiger partial charge in [0.05, 0.1) is 6.04 Å². The maximum atomic E-state index is 12.8. The smallest absolute Gasteiger partial charge is 0.317 e. The highest BCUT2D eigenvalue weighted by Crippen LogP contribution is 2.25. The number of hydrogen-bond acceptors (Lipinski definition) is 5. The molecular formula is C21H32N6O. The van der Waals surface area contributed by atoms with Crippen molar-refractivity contribution in [2.45, 2.75) is 69.2 Å². The second-order valence-electron chi connectivity index (χ2n) is 8.74. The predicted octanol–water partition coefficient (Wildman–Crippen LogP) is 1.12. The van der Waals surface area contributed by atoms with Crippen LogP contribution in [0.3, 0.4) is 0 Å². The summed E-state index contributed by atoms with van der Waals surface area (Å²) in [7, 11) is 0. The van der Waals surface area contributed by atoms with Gasteiger partial charge in [-0.3, -0.25) is 4.90 Å². The topological polar surface area (TPSA) is 71.7 Å². The van der Waals surface area contributed by atoms with Crippen molar-refractivity contribution in [2.75, 3.05) is 19.6 Å². The molecule has 7 nitrogen and oxygen atoms in total. The summed E-state index contributed by atoms with van der Waals surface area (Å²) in [6, 6.07) is 10.4. The Morgan fingerprint density at radius 1 is 1.00 bits per heavy atom. The number of fused-ring (bicyclic) bond motifs is 2. The highest BCUT2D eigenvalue weighted by molar-refractivity contribution is 5.74. The van der Waals surface area contributed by atoms with Gasteiger partial charge >= 0.3 is 6.03 Å². The minimum atomic E-state index is 0.113. The molecule has 1 aromatic rings. The molecule has 3 aliphatic heterocycles. The molecule has 152 valence electrons. The first-order valence-electron chi connectivity index (χ1n) is 10.9. The lowest BCUT2D eigenvalue weighted by molar-refractivity contribution is 0.105. The highest BCUT2D eigenvalue weighted by atomic mass is 16.2. The van der Waals surface area contributed by atoms with Gasteiger partial charge in [-0.1, -0.05) is 24.3 Å². The highest BCUT2D eigenvalue weighted by Gasteiger charge is 2.38. The Bertz CT molecular complexity index is 704. The van der Waals surface area contributed by atoms with Crippen molar-refractivity contribution in [1.29, 1.82) is 0 Å². The Hall–Kier alpha value is -1.67. The molecule has 0 radical (unpaired) electrons. The van der Waals surface area contributed by atoms with Crippen molar-refractivity contribution in [3.05, 3.63) is 35.4 Å².